The molecule has 2 aromatic carbocycles. The van der Waals surface area contributed by atoms with Crippen molar-refractivity contribution in [1.29, 1.82) is 0 Å². The van der Waals surface area contributed by atoms with E-state index in [2.05, 4.69) is 5.32 Å². The molecular formula is C15H13Cl2F2N. The SMILES string of the molecule is CCNC(c1cc(F)ccc1F)c1cc(Cl)ccc1Cl. The molecule has 0 aliphatic heterocycles. The first-order valence-corrected chi connectivity index (χ1v) is 6.91. The van der Waals surface area contributed by atoms with Crippen molar-refractivity contribution < 1.29 is 8.78 Å². The van der Waals surface area contributed by atoms with Crippen LogP contribution in [0.15, 0.2) is 36.4 Å². The Morgan fingerprint density at radius 1 is 1.05 bits per heavy atom. The largest absolute Gasteiger partial charge is 0.306 e. The molecule has 2 aromatic rings. The molecule has 2 rings (SSSR count). The van der Waals surface area contributed by atoms with Gasteiger partial charge in [-0.05, 0) is 48.5 Å². The second-order valence-electron chi connectivity index (χ2n) is 4.32. The monoisotopic (exact) mass is 315 g/mol. The van der Waals surface area contributed by atoms with Crippen LogP contribution in [0.3, 0.4) is 0 Å². The van der Waals surface area contributed by atoms with E-state index in [0.29, 0.717) is 22.2 Å². The van der Waals surface area contributed by atoms with Gasteiger partial charge in [0, 0.05) is 15.6 Å². The van der Waals surface area contributed by atoms with Crippen molar-refractivity contribution in [3.05, 3.63) is 69.2 Å². The van der Waals surface area contributed by atoms with Crippen LogP contribution in [0.1, 0.15) is 24.1 Å². The summed E-state index contributed by atoms with van der Waals surface area (Å²) in [4.78, 5) is 0. The number of halogens is 4. The van der Waals surface area contributed by atoms with E-state index in [0.717, 1.165) is 12.1 Å². The van der Waals surface area contributed by atoms with E-state index in [4.69, 9.17) is 23.2 Å². The third kappa shape index (κ3) is 3.29. The Morgan fingerprint density at radius 3 is 2.50 bits per heavy atom. The molecule has 0 amide bonds. The molecule has 0 heterocycles. The first-order chi connectivity index (χ1) is 9.52. The van der Waals surface area contributed by atoms with Crippen molar-refractivity contribution in [2.45, 2.75) is 13.0 Å². The van der Waals surface area contributed by atoms with Gasteiger partial charge in [-0.15, -0.1) is 0 Å². The van der Waals surface area contributed by atoms with Crippen LogP contribution in [0.25, 0.3) is 0 Å². The summed E-state index contributed by atoms with van der Waals surface area (Å²) in [6, 6.07) is 7.75. The van der Waals surface area contributed by atoms with Gasteiger partial charge in [0.05, 0.1) is 6.04 Å². The Balaban J connectivity index is 2.55. The average molecular weight is 316 g/mol. The minimum atomic E-state index is -0.554. The van der Waals surface area contributed by atoms with Gasteiger partial charge in [0.25, 0.3) is 0 Å². The highest BCUT2D eigenvalue weighted by molar-refractivity contribution is 6.33. The normalized spacial score (nSPS) is 12.4. The molecule has 0 bridgehead atoms. The zero-order valence-corrected chi connectivity index (χ0v) is 12.3. The van der Waals surface area contributed by atoms with Crippen LogP contribution in [0.2, 0.25) is 10.0 Å². The van der Waals surface area contributed by atoms with Crippen LogP contribution in [-0.2, 0) is 0 Å². The summed E-state index contributed by atoms with van der Waals surface area (Å²) >= 11 is 12.1. The first-order valence-electron chi connectivity index (χ1n) is 6.16. The summed E-state index contributed by atoms with van der Waals surface area (Å²) in [5, 5.41) is 4.04. The van der Waals surface area contributed by atoms with E-state index in [1.165, 1.54) is 6.07 Å². The average Bonchev–Trinajstić information content (AvgIpc) is 2.42. The zero-order chi connectivity index (χ0) is 14.7. The predicted octanol–water partition coefficient (Wildman–Crippen LogP) is 4.97. The molecule has 0 fully saturated rings. The van der Waals surface area contributed by atoms with Gasteiger partial charge in [0.1, 0.15) is 11.6 Å². The van der Waals surface area contributed by atoms with Crippen molar-refractivity contribution >= 4 is 23.2 Å². The molecule has 20 heavy (non-hydrogen) atoms. The fraction of sp³-hybridized carbons (Fsp3) is 0.200. The van der Waals surface area contributed by atoms with Gasteiger partial charge in [0.2, 0.25) is 0 Å². The fourth-order valence-electron chi connectivity index (χ4n) is 2.06. The number of benzene rings is 2. The highest BCUT2D eigenvalue weighted by Crippen LogP contribution is 2.32. The number of rotatable bonds is 4. The third-order valence-electron chi connectivity index (χ3n) is 2.95. The Hall–Kier alpha value is -1.16. The maximum Gasteiger partial charge on any atom is 0.128 e. The van der Waals surface area contributed by atoms with Crippen LogP contribution in [0.4, 0.5) is 8.78 Å². The van der Waals surface area contributed by atoms with E-state index < -0.39 is 17.7 Å². The van der Waals surface area contributed by atoms with Crippen LogP contribution in [0, 0.1) is 11.6 Å². The summed E-state index contributed by atoms with van der Waals surface area (Å²) < 4.78 is 27.4. The lowest BCUT2D eigenvalue weighted by Crippen LogP contribution is -2.23. The van der Waals surface area contributed by atoms with Gasteiger partial charge in [-0.3, -0.25) is 0 Å². The highest BCUT2D eigenvalue weighted by atomic mass is 35.5. The summed E-state index contributed by atoms with van der Waals surface area (Å²) in [6.45, 7) is 2.45. The first kappa shape index (κ1) is 15.2. The van der Waals surface area contributed by atoms with Gasteiger partial charge < -0.3 is 5.32 Å². The van der Waals surface area contributed by atoms with Crippen LogP contribution < -0.4 is 5.32 Å². The van der Waals surface area contributed by atoms with Crippen LogP contribution in [0.5, 0.6) is 0 Å². The Labute approximate surface area is 126 Å². The molecule has 0 saturated carbocycles. The van der Waals surface area contributed by atoms with E-state index in [9.17, 15) is 8.78 Å². The van der Waals surface area contributed by atoms with Crippen molar-refractivity contribution in [2.24, 2.45) is 0 Å². The van der Waals surface area contributed by atoms with E-state index >= 15 is 0 Å². The van der Waals surface area contributed by atoms with Crippen molar-refractivity contribution in [3.8, 4) is 0 Å². The molecule has 1 nitrogen and oxygen atoms in total. The predicted molar refractivity (Wildman–Crippen MR) is 78.3 cm³/mol. The van der Waals surface area contributed by atoms with Crippen molar-refractivity contribution in [3.63, 3.8) is 0 Å². The molecule has 1 unspecified atom stereocenters. The molecule has 5 heteroatoms. The minimum absolute atomic E-state index is 0.205. The molecule has 0 aliphatic rings. The maximum absolute atomic E-state index is 14.0. The molecule has 0 aliphatic carbocycles. The molecule has 1 atom stereocenters. The lowest BCUT2D eigenvalue weighted by atomic mass is 9.98. The Kier molecular flexibility index (Phi) is 4.97. The summed E-state index contributed by atoms with van der Waals surface area (Å²) in [5.41, 5.74) is 0.821. The quantitative estimate of drug-likeness (QED) is 0.840. The molecule has 0 saturated heterocycles. The van der Waals surface area contributed by atoms with Crippen LogP contribution >= 0.6 is 23.2 Å². The summed E-state index contributed by atoms with van der Waals surface area (Å²) in [5.74, 6) is -0.990. The molecular weight excluding hydrogens is 303 g/mol. The maximum atomic E-state index is 14.0. The molecule has 0 radical (unpaired) electrons. The smallest absolute Gasteiger partial charge is 0.128 e. The number of nitrogens with one attached hydrogen (secondary N) is 1. The van der Waals surface area contributed by atoms with Gasteiger partial charge in [-0.1, -0.05) is 30.1 Å². The van der Waals surface area contributed by atoms with Crippen molar-refractivity contribution in [2.75, 3.05) is 6.54 Å². The van der Waals surface area contributed by atoms with E-state index in [1.807, 2.05) is 6.92 Å². The van der Waals surface area contributed by atoms with E-state index in [1.54, 1.807) is 18.2 Å². The molecule has 1 N–H and O–H groups in total. The molecule has 0 spiro atoms. The molecule has 106 valence electrons. The van der Waals surface area contributed by atoms with Crippen LogP contribution in [-0.4, -0.2) is 6.54 Å². The second-order valence-corrected chi connectivity index (χ2v) is 5.17. The number of hydrogen-bond acceptors (Lipinski definition) is 1. The second kappa shape index (κ2) is 6.53. The van der Waals surface area contributed by atoms with E-state index in [-0.39, 0.29) is 5.56 Å². The summed E-state index contributed by atoms with van der Waals surface area (Å²) in [6.07, 6.45) is 0. The standard InChI is InChI=1S/C15H13Cl2F2N/c1-2-20-15(11-7-9(16)3-5-13(11)17)12-8-10(18)4-6-14(12)19/h3-8,15,20H,2H2,1H3. The number of hydrogen-bond donors (Lipinski definition) is 1. The van der Waals surface area contributed by atoms with Gasteiger partial charge in [0.15, 0.2) is 0 Å². The van der Waals surface area contributed by atoms with Crippen molar-refractivity contribution in [1.82, 2.24) is 5.32 Å². The van der Waals surface area contributed by atoms with Gasteiger partial charge in [-0.2, -0.15) is 0 Å². The zero-order valence-electron chi connectivity index (χ0n) is 10.8. The highest BCUT2D eigenvalue weighted by Gasteiger charge is 2.20. The fourth-order valence-corrected chi connectivity index (χ4v) is 2.47. The van der Waals surface area contributed by atoms with Gasteiger partial charge >= 0.3 is 0 Å². The molecule has 0 aromatic heterocycles. The topological polar surface area (TPSA) is 12.0 Å². The van der Waals surface area contributed by atoms with Gasteiger partial charge in [-0.25, -0.2) is 8.78 Å². The minimum Gasteiger partial charge on any atom is -0.306 e. The lowest BCUT2D eigenvalue weighted by molar-refractivity contribution is 0.545. The summed E-state index contributed by atoms with van der Waals surface area (Å²) in [7, 11) is 0. The third-order valence-corrected chi connectivity index (χ3v) is 3.53. The lowest BCUT2D eigenvalue weighted by Gasteiger charge is -2.21. The Bertz CT molecular complexity index is 565. The Morgan fingerprint density at radius 2 is 1.80 bits per heavy atom.